The van der Waals surface area contributed by atoms with Crippen molar-refractivity contribution in [3.63, 3.8) is 0 Å². The fraction of sp³-hybridized carbons (Fsp3) is 0.240. The number of rotatable bonds is 4. The van der Waals surface area contributed by atoms with Crippen molar-refractivity contribution in [1.29, 1.82) is 0 Å². The van der Waals surface area contributed by atoms with Gasteiger partial charge < -0.3 is 10.2 Å². The van der Waals surface area contributed by atoms with Gasteiger partial charge in [0.1, 0.15) is 0 Å². The normalized spacial score (nSPS) is 16.4. The first-order chi connectivity index (χ1) is 16.0. The molecule has 0 atom stereocenters. The van der Waals surface area contributed by atoms with Crippen LogP contribution in [0, 0.1) is 0 Å². The average molecular weight is 479 g/mol. The lowest BCUT2D eigenvalue weighted by molar-refractivity contribution is 0.0583. The Labute approximate surface area is 202 Å². The minimum absolute atomic E-state index is 0.215. The molecule has 33 heavy (non-hydrogen) atoms. The van der Waals surface area contributed by atoms with Gasteiger partial charge in [-0.3, -0.25) is 19.4 Å². The largest absolute Gasteiger partial charge is 0.346 e. The second-order valence-corrected chi connectivity index (χ2v) is 9.00. The number of imide groups is 1. The maximum atomic E-state index is 13.1. The third-order valence-corrected chi connectivity index (χ3v) is 6.96. The number of hydrogen-bond donors (Lipinski definition) is 1. The molecule has 168 valence electrons. The molecule has 0 spiro atoms. The summed E-state index contributed by atoms with van der Waals surface area (Å²) in [5, 5.41) is 6.18. The molecule has 2 aliphatic heterocycles. The fourth-order valence-corrected chi connectivity index (χ4v) is 4.93. The van der Waals surface area contributed by atoms with Gasteiger partial charge in [0.05, 0.1) is 10.7 Å². The van der Waals surface area contributed by atoms with Crippen molar-refractivity contribution in [3.05, 3.63) is 76.8 Å². The number of nitrogens with zero attached hydrogens (tertiary/aromatic N) is 3. The van der Waals surface area contributed by atoms with Crippen molar-refractivity contribution >= 4 is 57.2 Å². The number of carbonyl (C=O) groups is 2. The molecule has 0 saturated carbocycles. The second-order valence-electron chi connectivity index (χ2n) is 8.21. The second kappa shape index (κ2) is 9.09. The van der Waals surface area contributed by atoms with E-state index >= 15 is 0 Å². The fourth-order valence-electron chi connectivity index (χ4n) is 4.46. The van der Waals surface area contributed by atoms with E-state index in [0.717, 1.165) is 42.6 Å². The van der Waals surface area contributed by atoms with Crippen LogP contribution in [0.2, 0.25) is 5.02 Å². The van der Waals surface area contributed by atoms with E-state index in [2.05, 4.69) is 15.1 Å². The maximum absolute atomic E-state index is 13.1. The van der Waals surface area contributed by atoms with Gasteiger partial charge in [-0.1, -0.05) is 48.0 Å². The van der Waals surface area contributed by atoms with E-state index in [1.165, 1.54) is 4.90 Å². The standard InChI is InChI=1S/C25H23ClN4O2S/c26-20-9-1-2-10-21(20)27-25(33)29-14-11-28(12-15-29)13-16-30-23(31)18-7-3-5-17-6-4-8-19(22(17)18)24(30)32/h1-10H,11-16H2,(H,27,33). The minimum Gasteiger partial charge on any atom is -0.346 e. The van der Waals surface area contributed by atoms with Crippen LogP contribution in [0.4, 0.5) is 5.69 Å². The third-order valence-electron chi connectivity index (χ3n) is 6.27. The van der Waals surface area contributed by atoms with Crippen LogP contribution in [0.1, 0.15) is 20.7 Å². The molecule has 3 aromatic rings. The number of hydrogen-bond acceptors (Lipinski definition) is 4. The predicted molar refractivity (Wildman–Crippen MR) is 135 cm³/mol. The highest BCUT2D eigenvalue weighted by Crippen LogP contribution is 2.30. The maximum Gasteiger partial charge on any atom is 0.261 e. The Morgan fingerprint density at radius 2 is 1.48 bits per heavy atom. The highest BCUT2D eigenvalue weighted by Gasteiger charge is 2.33. The molecule has 1 fully saturated rings. The first kappa shape index (κ1) is 21.8. The van der Waals surface area contributed by atoms with Gasteiger partial charge in [0.15, 0.2) is 5.11 Å². The highest BCUT2D eigenvalue weighted by molar-refractivity contribution is 7.80. The SMILES string of the molecule is O=C1c2cccc3cccc(c23)C(=O)N1CCN1CCN(C(=S)Nc2ccccc2Cl)CC1. The van der Waals surface area contributed by atoms with E-state index in [1.54, 1.807) is 12.1 Å². The minimum atomic E-state index is -0.215. The Bertz CT molecular complexity index is 1210. The van der Waals surface area contributed by atoms with Crippen molar-refractivity contribution in [1.82, 2.24) is 14.7 Å². The van der Waals surface area contributed by atoms with E-state index in [9.17, 15) is 9.59 Å². The molecule has 2 aliphatic rings. The molecule has 0 unspecified atom stereocenters. The summed E-state index contributed by atoms with van der Waals surface area (Å²) in [6.07, 6.45) is 0. The lowest BCUT2D eigenvalue weighted by Gasteiger charge is -2.37. The number of halogens is 1. The summed E-state index contributed by atoms with van der Waals surface area (Å²) in [5.41, 5.74) is 2.00. The predicted octanol–water partition coefficient (Wildman–Crippen LogP) is 4.10. The third kappa shape index (κ3) is 4.19. The van der Waals surface area contributed by atoms with Crippen molar-refractivity contribution < 1.29 is 9.59 Å². The zero-order chi connectivity index (χ0) is 22.9. The number of benzene rings is 3. The van der Waals surface area contributed by atoms with E-state index in [1.807, 2.05) is 48.5 Å². The zero-order valence-corrected chi connectivity index (χ0v) is 19.5. The number of amides is 2. The van der Waals surface area contributed by atoms with Crippen LogP contribution in [-0.2, 0) is 0 Å². The van der Waals surface area contributed by atoms with E-state index in [0.29, 0.717) is 34.4 Å². The van der Waals surface area contributed by atoms with Crippen LogP contribution in [0.25, 0.3) is 10.8 Å². The van der Waals surface area contributed by atoms with E-state index < -0.39 is 0 Å². The lowest BCUT2D eigenvalue weighted by Crippen LogP contribution is -2.52. The van der Waals surface area contributed by atoms with Crippen LogP contribution in [0.15, 0.2) is 60.7 Å². The Morgan fingerprint density at radius 1 is 0.848 bits per heavy atom. The number of thiocarbonyl (C=S) groups is 1. The Kier molecular flexibility index (Phi) is 6.01. The molecule has 6 nitrogen and oxygen atoms in total. The molecule has 1 saturated heterocycles. The quantitative estimate of drug-likeness (QED) is 0.450. The summed E-state index contributed by atoms with van der Waals surface area (Å²) in [7, 11) is 0. The summed E-state index contributed by atoms with van der Waals surface area (Å²) >= 11 is 11.8. The molecular weight excluding hydrogens is 456 g/mol. The summed E-state index contributed by atoms with van der Waals surface area (Å²) in [6.45, 7) is 4.12. The molecule has 0 aromatic heterocycles. The van der Waals surface area contributed by atoms with E-state index in [4.69, 9.17) is 23.8 Å². The van der Waals surface area contributed by atoms with Crippen LogP contribution < -0.4 is 5.32 Å². The Balaban J connectivity index is 1.19. The van der Waals surface area contributed by atoms with Crippen LogP contribution >= 0.6 is 23.8 Å². The molecule has 2 amide bonds. The molecule has 0 bridgehead atoms. The number of para-hydroxylation sites is 1. The summed E-state index contributed by atoms with van der Waals surface area (Å²) in [6, 6.07) is 18.7. The number of carbonyl (C=O) groups excluding carboxylic acids is 2. The molecule has 3 aromatic carbocycles. The number of nitrogens with one attached hydrogen (secondary N) is 1. The van der Waals surface area contributed by atoms with Crippen molar-refractivity contribution in [2.75, 3.05) is 44.6 Å². The Morgan fingerprint density at radius 3 is 2.12 bits per heavy atom. The Hall–Kier alpha value is -3.00. The summed E-state index contributed by atoms with van der Waals surface area (Å²) in [5.74, 6) is -0.430. The topological polar surface area (TPSA) is 55.9 Å². The molecule has 8 heteroatoms. The lowest BCUT2D eigenvalue weighted by atomic mass is 9.94. The number of anilines is 1. The van der Waals surface area contributed by atoms with Gasteiger partial charge in [-0.2, -0.15) is 0 Å². The summed E-state index contributed by atoms with van der Waals surface area (Å²) < 4.78 is 0. The van der Waals surface area contributed by atoms with Crippen LogP contribution in [0.3, 0.4) is 0 Å². The highest BCUT2D eigenvalue weighted by atomic mass is 35.5. The molecule has 5 rings (SSSR count). The van der Waals surface area contributed by atoms with Crippen LogP contribution in [0.5, 0.6) is 0 Å². The van der Waals surface area contributed by atoms with Crippen LogP contribution in [-0.4, -0.2) is 70.9 Å². The first-order valence-electron chi connectivity index (χ1n) is 10.9. The van der Waals surface area contributed by atoms with Gasteiger partial charge in [0.2, 0.25) is 0 Å². The summed E-state index contributed by atoms with van der Waals surface area (Å²) in [4.78, 5) is 31.9. The van der Waals surface area contributed by atoms with Gasteiger partial charge in [-0.15, -0.1) is 0 Å². The van der Waals surface area contributed by atoms with Crippen molar-refractivity contribution in [3.8, 4) is 0 Å². The van der Waals surface area contributed by atoms with E-state index in [-0.39, 0.29) is 11.8 Å². The molecule has 0 radical (unpaired) electrons. The van der Waals surface area contributed by atoms with Crippen molar-refractivity contribution in [2.24, 2.45) is 0 Å². The van der Waals surface area contributed by atoms with Gasteiger partial charge >= 0.3 is 0 Å². The van der Waals surface area contributed by atoms with Gasteiger partial charge in [0.25, 0.3) is 11.8 Å². The van der Waals surface area contributed by atoms with Crippen molar-refractivity contribution in [2.45, 2.75) is 0 Å². The molecule has 0 aliphatic carbocycles. The average Bonchev–Trinajstić information content (AvgIpc) is 2.84. The van der Waals surface area contributed by atoms with Gasteiger partial charge in [-0.05, 0) is 41.9 Å². The monoisotopic (exact) mass is 478 g/mol. The number of piperazine rings is 1. The zero-order valence-electron chi connectivity index (χ0n) is 18.0. The molecular formula is C25H23ClN4O2S. The molecule has 1 N–H and O–H groups in total. The van der Waals surface area contributed by atoms with Gasteiger partial charge in [0, 0.05) is 55.8 Å². The molecule has 2 heterocycles. The van der Waals surface area contributed by atoms with Gasteiger partial charge in [-0.25, -0.2) is 0 Å². The first-order valence-corrected chi connectivity index (χ1v) is 11.7. The smallest absolute Gasteiger partial charge is 0.261 e.